The smallest absolute Gasteiger partial charge is 0.185 e. The summed E-state index contributed by atoms with van der Waals surface area (Å²) in [6.07, 6.45) is 0.906. The van der Waals surface area contributed by atoms with E-state index in [2.05, 4.69) is 5.32 Å². The van der Waals surface area contributed by atoms with Crippen molar-refractivity contribution in [1.82, 2.24) is 5.32 Å². The molecule has 17 heavy (non-hydrogen) atoms. The summed E-state index contributed by atoms with van der Waals surface area (Å²) >= 11 is 0. The number of likely N-dealkylation sites (N-methyl/N-ethyl adjacent to an activating group) is 1. The molecule has 1 aliphatic heterocycles. The van der Waals surface area contributed by atoms with Gasteiger partial charge in [-0.1, -0.05) is 12.1 Å². The standard InChI is InChI=1S/C12H17NO3S/c1-13-7-6-10-2-4-11(5-3-10)17(14,15)12-8-16-9-12/h2-5,12-13H,6-9H2,1H3. The minimum absolute atomic E-state index is 0.323. The van der Waals surface area contributed by atoms with Crippen molar-refractivity contribution in [2.45, 2.75) is 16.6 Å². The van der Waals surface area contributed by atoms with Gasteiger partial charge in [-0.15, -0.1) is 0 Å². The Morgan fingerprint density at radius 1 is 1.29 bits per heavy atom. The molecule has 0 aliphatic carbocycles. The van der Waals surface area contributed by atoms with E-state index in [9.17, 15) is 8.42 Å². The predicted octanol–water partition coefficient (Wildman–Crippen LogP) is 0.621. The molecule has 0 atom stereocenters. The van der Waals surface area contributed by atoms with Crippen LogP contribution in [0.3, 0.4) is 0 Å². The van der Waals surface area contributed by atoms with Crippen LogP contribution in [0.25, 0.3) is 0 Å². The minimum Gasteiger partial charge on any atom is -0.379 e. The third-order valence-electron chi connectivity index (χ3n) is 2.96. The molecule has 1 saturated heterocycles. The van der Waals surface area contributed by atoms with Crippen LogP contribution in [0.2, 0.25) is 0 Å². The van der Waals surface area contributed by atoms with Gasteiger partial charge in [0.1, 0.15) is 5.25 Å². The van der Waals surface area contributed by atoms with Crippen LogP contribution in [0.1, 0.15) is 5.56 Å². The summed E-state index contributed by atoms with van der Waals surface area (Å²) in [4.78, 5) is 0.402. The van der Waals surface area contributed by atoms with Crippen LogP contribution in [0.15, 0.2) is 29.2 Å². The van der Waals surface area contributed by atoms with E-state index in [1.165, 1.54) is 0 Å². The van der Waals surface area contributed by atoms with Gasteiger partial charge in [0.2, 0.25) is 0 Å². The average Bonchev–Trinajstić information content (AvgIpc) is 2.24. The van der Waals surface area contributed by atoms with E-state index < -0.39 is 9.84 Å². The van der Waals surface area contributed by atoms with Crippen molar-refractivity contribution in [3.8, 4) is 0 Å². The fourth-order valence-electron chi connectivity index (χ4n) is 1.70. The van der Waals surface area contributed by atoms with Gasteiger partial charge in [-0.3, -0.25) is 0 Å². The molecule has 4 nitrogen and oxygen atoms in total. The number of ether oxygens (including phenoxy) is 1. The van der Waals surface area contributed by atoms with Gasteiger partial charge in [-0.2, -0.15) is 0 Å². The second-order valence-electron chi connectivity index (χ2n) is 4.20. The number of rotatable bonds is 5. The first-order valence-corrected chi connectivity index (χ1v) is 7.24. The summed E-state index contributed by atoms with van der Waals surface area (Å²) in [5, 5.41) is 2.71. The summed E-state index contributed by atoms with van der Waals surface area (Å²) in [5.41, 5.74) is 1.14. The molecule has 0 amide bonds. The van der Waals surface area contributed by atoms with Gasteiger partial charge in [0.15, 0.2) is 9.84 Å². The fraction of sp³-hybridized carbons (Fsp3) is 0.500. The van der Waals surface area contributed by atoms with Crippen molar-refractivity contribution in [2.75, 3.05) is 26.8 Å². The lowest BCUT2D eigenvalue weighted by Gasteiger charge is -2.25. The van der Waals surface area contributed by atoms with Crippen LogP contribution in [0.5, 0.6) is 0 Å². The van der Waals surface area contributed by atoms with Gasteiger partial charge in [0, 0.05) is 0 Å². The van der Waals surface area contributed by atoms with Crippen LogP contribution in [-0.4, -0.2) is 40.5 Å². The van der Waals surface area contributed by atoms with E-state index >= 15 is 0 Å². The molecule has 1 heterocycles. The third kappa shape index (κ3) is 2.68. The lowest BCUT2D eigenvalue weighted by atomic mass is 10.1. The molecule has 94 valence electrons. The molecule has 0 unspecified atom stereocenters. The van der Waals surface area contributed by atoms with Gasteiger partial charge in [0.05, 0.1) is 18.1 Å². The quantitative estimate of drug-likeness (QED) is 0.838. The normalized spacial score (nSPS) is 16.8. The maximum absolute atomic E-state index is 12.0. The molecule has 1 aliphatic rings. The molecule has 0 spiro atoms. The van der Waals surface area contributed by atoms with E-state index in [0.717, 1.165) is 18.5 Å². The predicted molar refractivity (Wildman–Crippen MR) is 65.9 cm³/mol. The number of nitrogens with one attached hydrogen (secondary N) is 1. The first-order chi connectivity index (χ1) is 8.14. The zero-order chi connectivity index (χ0) is 12.3. The second kappa shape index (κ2) is 5.16. The topological polar surface area (TPSA) is 55.4 Å². The third-order valence-corrected chi connectivity index (χ3v) is 5.04. The maximum atomic E-state index is 12.0. The summed E-state index contributed by atoms with van der Waals surface area (Å²) in [5.74, 6) is 0. The molecule has 5 heteroatoms. The van der Waals surface area contributed by atoms with Crippen molar-refractivity contribution < 1.29 is 13.2 Å². The summed E-state index contributed by atoms with van der Waals surface area (Å²) in [7, 11) is -1.28. The van der Waals surface area contributed by atoms with E-state index in [-0.39, 0.29) is 5.25 Å². The van der Waals surface area contributed by atoms with Crippen molar-refractivity contribution in [3.05, 3.63) is 29.8 Å². The maximum Gasteiger partial charge on any atom is 0.185 e. The molecule has 1 aromatic rings. The molecule has 2 rings (SSSR count). The van der Waals surface area contributed by atoms with Crippen molar-refractivity contribution >= 4 is 9.84 Å². The highest BCUT2D eigenvalue weighted by Gasteiger charge is 2.33. The van der Waals surface area contributed by atoms with Gasteiger partial charge in [-0.05, 0) is 37.7 Å². The number of sulfone groups is 1. The lowest BCUT2D eigenvalue weighted by molar-refractivity contribution is 0.0416. The van der Waals surface area contributed by atoms with Gasteiger partial charge < -0.3 is 10.1 Å². The Morgan fingerprint density at radius 3 is 2.41 bits per heavy atom. The first kappa shape index (κ1) is 12.5. The van der Waals surface area contributed by atoms with E-state index in [1.807, 2.05) is 19.2 Å². The van der Waals surface area contributed by atoms with Crippen LogP contribution in [0, 0.1) is 0 Å². The van der Waals surface area contributed by atoms with Crippen molar-refractivity contribution in [1.29, 1.82) is 0 Å². The van der Waals surface area contributed by atoms with E-state index in [1.54, 1.807) is 12.1 Å². The Labute approximate surface area is 102 Å². The fourth-order valence-corrected chi connectivity index (χ4v) is 3.15. The highest BCUT2D eigenvalue weighted by atomic mass is 32.2. The summed E-state index contributed by atoms with van der Waals surface area (Å²) < 4.78 is 29.0. The van der Waals surface area contributed by atoms with Gasteiger partial charge in [-0.25, -0.2) is 8.42 Å². The molecule has 0 aromatic heterocycles. The molecular formula is C12H17NO3S. The van der Waals surface area contributed by atoms with Crippen LogP contribution in [-0.2, 0) is 21.0 Å². The second-order valence-corrected chi connectivity index (χ2v) is 6.43. The van der Waals surface area contributed by atoms with E-state index in [4.69, 9.17) is 4.74 Å². The van der Waals surface area contributed by atoms with Crippen molar-refractivity contribution in [2.24, 2.45) is 0 Å². The van der Waals surface area contributed by atoms with Crippen molar-refractivity contribution in [3.63, 3.8) is 0 Å². The largest absolute Gasteiger partial charge is 0.379 e. The SMILES string of the molecule is CNCCc1ccc(S(=O)(=O)C2COC2)cc1. The molecule has 1 aromatic carbocycles. The van der Waals surface area contributed by atoms with Gasteiger partial charge >= 0.3 is 0 Å². The Balaban J connectivity index is 2.11. The van der Waals surface area contributed by atoms with Crippen LogP contribution >= 0.6 is 0 Å². The number of hydrogen-bond donors (Lipinski definition) is 1. The molecule has 0 saturated carbocycles. The van der Waals surface area contributed by atoms with E-state index in [0.29, 0.717) is 18.1 Å². The summed E-state index contributed by atoms with van der Waals surface area (Å²) in [6.45, 7) is 1.54. The zero-order valence-corrected chi connectivity index (χ0v) is 10.7. The highest BCUT2D eigenvalue weighted by Crippen LogP contribution is 2.21. The highest BCUT2D eigenvalue weighted by molar-refractivity contribution is 7.92. The molecule has 1 fully saturated rings. The number of hydrogen-bond acceptors (Lipinski definition) is 4. The molecule has 0 bridgehead atoms. The minimum atomic E-state index is -3.18. The first-order valence-electron chi connectivity index (χ1n) is 5.70. The summed E-state index contributed by atoms with van der Waals surface area (Å²) in [6, 6.07) is 7.14. The Hall–Kier alpha value is -0.910. The Bertz CT molecular complexity index is 463. The number of benzene rings is 1. The van der Waals surface area contributed by atoms with Crippen LogP contribution < -0.4 is 5.32 Å². The zero-order valence-electron chi connectivity index (χ0n) is 9.85. The van der Waals surface area contributed by atoms with Gasteiger partial charge in [0.25, 0.3) is 0 Å². The lowest BCUT2D eigenvalue weighted by Crippen LogP contribution is -2.40. The van der Waals surface area contributed by atoms with Crippen LogP contribution in [0.4, 0.5) is 0 Å². The molecule has 1 N–H and O–H groups in total. The molecular weight excluding hydrogens is 238 g/mol. The Kier molecular flexibility index (Phi) is 3.81. The monoisotopic (exact) mass is 255 g/mol. The average molecular weight is 255 g/mol. The Morgan fingerprint density at radius 2 is 1.94 bits per heavy atom. The molecule has 0 radical (unpaired) electrons.